The van der Waals surface area contributed by atoms with Gasteiger partial charge in [0.15, 0.2) is 0 Å². The second-order valence-electron chi connectivity index (χ2n) is 4.70. The van der Waals surface area contributed by atoms with E-state index in [2.05, 4.69) is 72.3 Å². The zero-order valence-electron chi connectivity index (χ0n) is 10.5. The van der Waals surface area contributed by atoms with Crippen molar-refractivity contribution in [2.24, 2.45) is 5.92 Å². The molecule has 3 heteroatoms. The van der Waals surface area contributed by atoms with Gasteiger partial charge in [0.2, 0.25) is 0 Å². The van der Waals surface area contributed by atoms with Crippen LogP contribution in [0.25, 0.3) is 0 Å². The lowest BCUT2D eigenvalue weighted by molar-refractivity contribution is 0.552. The summed E-state index contributed by atoms with van der Waals surface area (Å²) < 4.78 is 1.15. The summed E-state index contributed by atoms with van der Waals surface area (Å²) in [5.74, 6) is 0.699. The molecule has 0 radical (unpaired) electrons. The minimum absolute atomic E-state index is 0.699. The molecule has 1 rings (SSSR count). The van der Waals surface area contributed by atoms with Crippen LogP contribution in [0, 0.1) is 5.92 Å². The van der Waals surface area contributed by atoms with Crippen LogP contribution >= 0.6 is 15.9 Å². The Labute approximate surface area is 107 Å². The molecule has 1 aromatic rings. The molecule has 0 saturated carbocycles. The van der Waals surface area contributed by atoms with Crippen LogP contribution in [-0.4, -0.2) is 20.6 Å². The fourth-order valence-electron chi connectivity index (χ4n) is 1.53. The number of nitrogens with one attached hydrogen (secondary N) is 1. The van der Waals surface area contributed by atoms with Crippen LogP contribution in [-0.2, 0) is 6.54 Å². The summed E-state index contributed by atoms with van der Waals surface area (Å²) in [5.41, 5.74) is 2.53. The lowest BCUT2D eigenvalue weighted by Crippen LogP contribution is -2.19. The van der Waals surface area contributed by atoms with Crippen molar-refractivity contribution in [3.05, 3.63) is 28.2 Å². The smallest absolute Gasteiger partial charge is 0.0505 e. The predicted molar refractivity (Wildman–Crippen MR) is 75.0 cm³/mol. The zero-order valence-corrected chi connectivity index (χ0v) is 12.1. The second kappa shape index (κ2) is 6.26. The summed E-state index contributed by atoms with van der Waals surface area (Å²) in [7, 11) is 4.10. The summed E-state index contributed by atoms with van der Waals surface area (Å²) in [5, 5.41) is 3.44. The summed E-state index contributed by atoms with van der Waals surface area (Å²) >= 11 is 3.60. The highest BCUT2D eigenvalue weighted by atomic mass is 79.9. The van der Waals surface area contributed by atoms with Crippen molar-refractivity contribution < 1.29 is 0 Å². The first-order valence-corrected chi connectivity index (χ1v) is 6.46. The van der Waals surface area contributed by atoms with Crippen molar-refractivity contribution in [3.63, 3.8) is 0 Å². The Morgan fingerprint density at radius 3 is 2.50 bits per heavy atom. The molecular formula is C13H21BrN2. The highest BCUT2D eigenvalue weighted by molar-refractivity contribution is 9.10. The van der Waals surface area contributed by atoms with Crippen LogP contribution in [0.5, 0.6) is 0 Å². The molecule has 0 aromatic heterocycles. The minimum atomic E-state index is 0.699. The summed E-state index contributed by atoms with van der Waals surface area (Å²) in [4.78, 5) is 2.11. The van der Waals surface area contributed by atoms with Crippen LogP contribution in [0.2, 0.25) is 0 Å². The maximum Gasteiger partial charge on any atom is 0.0505 e. The topological polar surface area (TPSA) is 15.3 Å². The van der Waals surface area contributed by atoms with Gasteiger partial charge in [-0.3, -0.25) is 0 Å². The molecule has 0 bridgehead atoms. The van der Waals surface area contributed by atoms with Crippen molar-refractivity contribution in [1.29, 1.82) is 0 Å². The Kier molecular flexibility index (Phi) is 5.29. The van der Waals surface area contributed by atoms with Crippen molar-refractivity contribution in [2.75, 3.05) is 25.5 Å². The molecule has 16 heavy (non-hydrogen) atoms. The normalized spacial score (nSPS) is 10.9. The molecule has 0 aliphatic carbocycles. The standard InChI is InChI=1S/C13H21BrN2/c1-10(2)8-15-9-11-5-6-13(16(3)4)12(14)7-11/h5-7,10,15H,8-9H2,1-4H3. The lowest BCUT2D eigenvalue weighted by atomic mass is 10.2. The average Bonchev–Trinajstić information content (AvgIpc) is 2.16. The number of benzene rings is 1. The zero-order chi connectivity index (χ0) is 12.1. The maximum atomic E-state index is 3.60. The van der Waals surface area contributed by atoms with Crippen LogP contribution in [0.15, 0.2) is 22.7 Å². The quantitative estimate of drug-likeness (QED) is 0.893. The van der Waals surface area contributed by atoms with Crippen molar-refractivity contribution >= 4 is 21.6 Å². The molecular weight excluding hydrogens is 264 g/mol. The van der Waals surface area contributed by atoms with Gasteiger partial charge in [-0.2, -0.15) is 0 Å². The number of halogens is 1. The van der Waals surface area contributed by atoms with E-state index in [0.717, 1.165) is 17.6 Å². The SMILES string of the molecule is CC(C)CNCc1ccc(N(C)C)c(Br)c1. The van der Waals surface area contributed by atoms with Gasteiger partial charge in [0.25, 0.3) is 0 Å². The van der Waals surface area contributed by atoms with E-state index < -0.39 is 0 Å². The van der Waals surface area contributed by atoms with Crippen LogP contribution in [0.3, 0.4) is 0 Å². The second-order valence-corrected chi connectivity index (χ2v) is 5.56. The van der Waals surface area contributed by atoms with Gasteiger partial charge in [-0.25, -0.2) is 0 Å². The van der Waals surface area contributed by atoms with E-state index in [1.165, 1.54) is 11.3 Å². The molecule has 0 aliphatic heterocycles. The molecule has 2 nitrogen and oxygen atoms in total. The van der Waals surface area contributed by atoms with Gasteiger partial charge in [0.1, 0.15) is 0 Å². The van der Waals surface area contributed by atoms with E-state index in [4.69, 9.17) is 0 Å². The van der Waals surface area contributed by atoms with Gasteiger partial charge in [0.05, 0.1) is 5.69 Å². The van der Waals surface area contributed by atoms with Gasteiger partial charge in [-0.15, -0.1) is 0 Å². The Balaban J connectivity index is 2.59. The summed E-state index contributed by atoms with van der Waals surface area (Å²) in [6, 6.07) is 6.51. The minimum Gasteiger partial charge on any atom is -0.377 e. The molecule has 1 N–H and O–H groups in total. The first kappa shape index (κ1) is 13.5. The van der Waals surface area contributed by atoms with Crippen LogP contribution < -0.4 is 10.2 Å². The average molecular weight is 285 g/mol. The first-order chi connectivity index (χ1) is 7.50. The highest BCUT2D eigenvalue weighted by Gasteiger charge is 2.03. The molecule has 0 atom stereocenters. The fraction of sp³-hybridized carbons (Fsp3) is 0.538. The van der Waals surface area contributed by atoms with E-state index in [1.807, 2.05) is 0 Å². The molecule has 0 amide bonds. The molecule has 0 aliphatic rings. The number of rotatable bonds is 5. The Morgan fingerprint density at radius 1 is 1.31 bits per heavy atom. The molecule has 0 saturated heterocycles. The van der Waals surface area contributed by atoms with Gasteiger partial charge in [-0.1, -0.05) is 19.9 Å². The predicted octanol–water partition coefficient (Wildman–Crippen LogP) is 3.26. The molecule has 1 aromatic carbocycles. The van der Waals surface area contributed by atoms with E-state index in [-0.39, 0.29) is 0 Å². The van der Waals surface area contributed by atoms with E-state index in [0.29, 0.717) is 5.92 Å². The van der Waals surface area contributed by atoms with E-state index >= 15 is 0 Å². The highest BCUT2D eigenvalue weighted by Crippen LogP contribution is 2.25. The van der Waals surface area contributed by atoms with Crippen molar-refractivity contribution in [3.8, 4) is 0 Å². The van der Waals surface area contributed by atoms with Crippen LogP contribution in [0.1, 0.15) is 19.4 Å². The third kappa shape index (κ3) is 4.14. The monoisotopic (exact) mass is 284 g/mol. The van der Waals surface area contributed by atoms with Crippen molar-refractivity contribution in [2.45, 2.75) is 20.4 Å². The first-order valence-electron chi connectivity index (χ1n) is 5.67. The molecule has 0 unspecified atom stereocenters. The Morgan fingerprint density at radius 2 is 2.00 bits per heavy atom. The Hall–Kier alpha value is -0.540. The fourth-order valence-corrected chi connectivity index (χ4v) is 2.31. The Bertz CT molecular complexity index is 335. The maximum absolute atomic E-state index is 3.60. The molecule has 0 spiro atoms. The van der Waals surface area contributed by atoms with Gasteiger partial charge < -0.3 is 10.2 Å². The van der Waals surface area contributed by atoms with Crippen molar-refractivity contribution in [1.82, 2.24) is 5.32 Å². The third-order valence-electron chi connectivity index (χ3n) is 2.38. The van der Waals surface area contributed by atoms with E-state index in [1.54, 1.807) is 0 Å². The molecule has 90 valence electrons. The van der Waals surface area contributed by atoms with E-state index in [9.17, 15) is 0 Å². The number of nitrogens with zero attached hydrogens (tertiary/aromatic N) is 1. The van der Waals surface area contributed by atoms with Gasteiger partial charge >= 0.3 is 0 Å². The summed E-state index contributed by atoms with van der Waals surface area (Å²) in [6.45, 7) is 6.44. The molecule has 0 heterocycles. The largest absolute Gasteiger partial charge is 0.377 e. The number of hydrogen-bond donors (Lipinski definition) is 1. The van der Waals surface area contributed by atoms with Gasteiger partial charge in [-0.05, 0) is 46.1 Å². The van der Waals surface area contributed by atoms with Gasteiger partial charge in [0, 0.05) is 25.1 Å². The molecule has 0 fully saturated rings. The summed E-state index contributed by atoms with van der Waals surface area (Å²) in [6.07, 6.45) is 0. The third-order valence-corrected chi connectivity index (χ3v) is 3.01. The number of anilines is 1. The lowest BCUT2D eigenvalue weighted by Gasteiger charge is -2.15. The van der Waals surface area contributed by atoms with Crippen LogP contribution in [0.4, 0.5) is 5.69 Å². The number of hydrogen-bond acceptors (Lipinski definition) is 2.